The molecule has 0 aliphatic carbocycles. The maximum Gasteiger partial charge on any atom is 0.321 e. The molecule has 1 heterocycles. The Balaban J connectivity index is 2.69. The van der Waals surface area contributed by atoms with E-state index in [0.29, 0.717) is 25.9 Å². The minimum Gasteiger partial charge on any atom is -0.480 e. The second-order valence-electron chi connectivity index (χ2n) is 4.60. The van der Waals surface area contributed by atoms with Crippen LogP contribution in [-0.2, 0) is 19.6 Å². The molecular weight excluding hydrogens is 258 g/mol. The molecular formula is C11H21NO5S. The molecule has 2 N–H and O–H groups in total. The number of rotatable bonds is 7. The van der Waals surface area contributed by atoms with Gasteiger partial charge in [-0.2, -0.15) is 0 Å². The van der Waals surface area contributed by atoms with Gasteiger partial charge in [0.15, 0.2) is 0 Å². The van der Waals surface area contributed by atoms with Crippen molar-refractivity contribution in [1.29, 1.82) is 0 Å². The van der Waals surface area contributed by atoms with Crippen molar-refractivity contribution in [2.24, 2.45) is 0 Å². The Labute approximate surface area is 108 Å². The number of ether oxygens (including phenoxy) is 1. The molecule has 0 amide bonds. The molecule has 3 atom stereocenters. The summed E-state index contributed by atoms with van der Waals surface area (Å²) in [6, 6.07) is -1.04. The fourth-order valence-electron chi connectivity index (χ4n) is 2.05. The average Bonchev–Trinajstić information content (AvgIpc) is 2.71. The third-order valence-electron chi connectivity index (χ3n) is 3.16. The molecule has 1 aliphatic heterocycles. The molecule has 1 saturated heterocycles. The van der Waals surface area contributed by atoms with Gasteiger partial charge in [0.2, 0.25) is 10.0 Å². The molecule has 0 aromatic carbocycles. The monoisotopic (exact) mass is 279 g/mol. The van der Waals surface area contributed by atoms with Crippen molar-refractivity contribution in [1.82, 2.24) is 4.72 Å². The predicted octanol–water partition coefficient (Wildman–Crippen LogP) is 0.727. The summed E-state index contributed by atoms with van der Waals surface area (Å²) in [4.78, 5) is 11.0. The van der Waals surface area contributed by atoms with Crippen LogP contribution in [0.15, 0.2) is 0 Å². The van der Waals surface area contributed by atoms with Gasteiger partial charge < -0.3 is 9.84 Å². The summed E-state index contributed by atoms with van der Waals surface area (Å²) in [6.45, 7) is 4.03. The molecule has 0 bridgehead atoms. The van der Waals surface area contributed by atoms with E-state index in [-0.39, 0.29) is 6.10 Å². The summed E-state index contributed by atoms with van der Waals surface area (Å²) in [5, 5.41) is 8.36. The summed E-state index contributed by atoms with van der Waals surface area (Å²) in [6.07, 6.45) is 1.84. The maximum atomic E-state index is 12.1. The minimum absolute atomic E-state index is 0.313. The second kappa shape index (κ2) is 6.49. The van der Waals surface area contributed by atoms with Gasteiger partial charge >= 0.3 is 5.97 Å². The van der Waals surface area contributed by atoms with E-state index in [1.165, 1.54) is 0 Å². The molecule has 2 unspecified atom stereocenters. The first-order valence-corrected chi connectivity index (χ1v) is 7.78. The molecule has 0 spiro atoms. The van der Waals surface area contributed by atoms with Crippen molar-refractivity contribution < 1.29 is 23.1 Å². The van der Waals surface area contributed by atoms with Crippen LogP contribution in [0, 0.1) is 0 Å². The van der Waals surface area contributed by atoms with Crippen molar-refractivity contribution in [2.75, 3.05) is 6.61 Å². The highest BCUT2D eigenvalue weighted by Gasteiger charge is 2.37. The Morgan fingerprint density at radius 2 is 2.22 bits per heavy atom. The standard InChI is InChI=1S/C11H21NO5S/c1-3-4-5-9(11(13)14)12-18(15,16)10-6-7-17-8(10)2/h8-10,12H,3-7H2,1-2H3,(H,13,14)/t8?,9-,10?/m0/s1. The van der Waals surface area contributed by atoms with Crippen molar-refractivity contribution in [2.45, 2.75) is 56.9 Å². The first-order chi connectivity index (χ1) is 8.38. The van der Waals surface area contributed by atoms with Crippen LogP contribution in [0.3, 0.4) is 0 Å². The van der Waals surface area contributed by atoms with E-state index >= 15 is 0 Å². The topological polar surface area (TPSA) is 92.7 Å². The van der Waals surface area contributed by atoms with Gasteiger partial charge in [0.25, 0.3) is 0 Å². The van der Waals surface area contributed by atoms with Crippen LogP contribution in [-0.4, -0.2) is 43.5 Å². The lowest BCUT2D eigenvalue weighted by Gasteiger charge is -2.19. The normalized spacial score (nSPS) is 26.1. The third kappa shape index (κ3) is 3.93. The fraction of sp³-hybridized carbons (Fsp3) is 0.909. The molecule has 0 saturated carbocycles. The number of nitrogens with one attached hydrogen (secondary N) is 1. The molecule has 1 fully saturated rings. The molecule has 0 aromatic rings. The average molecular weight is 279 g/mol. The Morgan fingerprint density at radius 1 is 1.56 bits per heavy atom. The number of carbonyl (C=O) groups is 1. The van der Waals surface area contributed by atoms with E-state index in [4.69, 9.17) is 9.84 Å². The lowest BCUT2D eigenvalue weighted by molar-refractivity contribution is -0.139. The van der Waals surface area contributed by atoms with Crippen LogP contribution in [0.25, 0.3) is 0 Å². The van der Waals surface area contributed by atoms with Gasteiger partial charge in [-0.1, -0.05) is 19.8 Å². The molecule has 1 aliphatic rings. The highest BCUT2D eigenvalue weighted by molar-refractivity contribution is 7.90. The van der Waals surface area contributed by atoms with Gasteiger partial charge in [0, 0.05) is 6.61 Å². The molecule has 0 aromatic heterocycles. The second-order valence-corrected chi connectivity index (χ2v) is 6.53. The number of carboxylic acids is 1. The molecule has 1 rings (SSSR count). The van der Waals surface area contributed by atoms with Gasteiger partial charge in [-0.3, -0.25) is 4.79 Å². The first-order valence-electron chi connectivity index (χ1n) is 6.24. The van der Waals surface area contributed by atoms with Crippen molar-refractivity contribution in [3.05, 3.63) is 0 Å². The van der Waals surface area contributed by atoms with E-state index in [0.717, 1.165) is 6.42 Å². The van der Waals surface area contributed by atoms with Crippen molar-refractivity contribution in [3.8, 4) is 0 Å². The van der Waals surface area contributed by atoms with Gasteiger partial charge in [0.05, 0.1) is 6.10 Å². The van der Waals surface area contributed by atoms with Crippen LogP contribution in [0.2, 0.25) is 0 Å². The van der Waals surface area contributed by atoms with E-state index in [9.17, 15) is 13.2 Å². The highest BCUT2D eigenvalue weighted by Crippen LogP contribution is 2.20. The molecule has 18 heavy (non-hydrogen) atoms. The van der Waals surface area contributed by atoms with Crippen molar-refractivity contribution >= 4 is 16.0 Å². The van der Waals surface area contributed by atoms with E-state index in [1.807, 2.05) is 6.92 Å². The summed E-state index contributed by atoms with van der Waals surface area (Å²) in [7, 11) is -3.64. The van der Waals surface area contributed by atoms with Crippen LogP contribution in [0.5, 0.6) is 0 Å². The van der Waals surface area contributed by atoms with E-state index < -0.39 is 27.3 Å². The first kappa shape index (κ1) is 15.4. The Kier molecular flexibility index (Phi) is 5.55. The van der Waals surface area contributed by atoms with Gasteiger partial charge in [-0.05, 0) is 19.8 Å². The summed E-state index contributed by atoms with van der Waals surface area (Å²) >= 11 is 0. The van der Waals surface area contributed by atoms with E-state index in [1.54, 1.807) is 6.92 Å². The fourth-order valence-corrected chi connectivity index (χ4v) is 3.83. The Bertz CT molecular complexity index is 381. The van der Waals surface area contributed by atoms with Crippen LogP contribution >= 0.6 is 0 Å². The molecule has 0 radical (unpaired) electrons. The van der Waals surface area contributed by atoms with Gasteiger partial charge in [0.1, 0.15) is 11.3 Å². The Morgan fingerprint density at radius 3 is 2.67 bits per heavy atom. The largest absolute Gasteiger partial charge is 0.480 e. The van der Waals surface area contributed by atoms with Crippen molar-refractivity contribution in [3.63, 3.8) is 0 Å². The van der Waals surface area contributed by atoms with Crippen LogP contribution in [0.1, 0.15) is 39.5 Å². The van der Waals surface area contributed by atoms with Gasteiger partial charge in [-0.25, -0.2) is 13.1 Å². The lowest BCUT2D eigenvalue weighted by Crippen LogP contribution is -2.46. The van der Waals surface area contributed by atoms with Crippen LogP contribution < -0.4 is 4.72 Å². The molecule has 6 nitrogen and oxygen atoms in total. The number of sulfonamides is 1. The number of carboxylic acid groups (broad SMARTS) is 1. The SMILES string of the molecule is CCCC[C@H](NS(=O)(=O)C1CCOC1C)C(=O)O. The van der Waals surface area contributed by atoms with Gasteiger partial charge in [-0.15, -0.1) is 0 Å². The predicted molar refractivity (Wildman–Crippen MR) is 66.8 cm³/mol. The number of aliphatic carboxylic acids is 1. The number of hydrogen-bond donors (Lipinski definition) is 2. The summed E-state index contributed by atoms with van der Waals surface area (Å²) in [5.41, 5.74) is 0. The summed E-state index contributed by atoms with van der Waals surface area (Å²) < 4.78 is 31.6. The smallest absolute Gasteiger partial charge is 0.321 e. The van der Waals surface area contributed by atoms with Crippen LogP contribution in [0.4, 0.5) is 0 Å². The van der Waals surface area contributed by atoms with E-state index in [2.05, 4.69) is 4.72 Å². The maximum absolute atomic E-state index is 12.1. The summed E-state index contributed by atoms with van der Waals surface area (Å²) in [5.74, 6) is -1.13. The molecule has 106 valence electrons. The lowest BCUT2D eigenvalue weighted by atomic mass is 10.1. The zero-order valence-electron chi connectivity index (χ0n) is 10.8. The zero-order valence-corrected chi connectivity index (χ0v) is 11.6. The minimum atomic E-state index is -3.64. The molecule has 7 heteroatoms. The number of hydrogen-bond acceptors (Lipinski definition) is 4. The Hall–Kier alpha value is -0.660. The quantitative estimate of drug-likeness (QED) is 0.716. The third-order valence-corrected chi connectivity index (χ3v) is 5.19. The zero-order chi connectivity index (χ0) is 13.8. The number of unbranched alkanes of at least 4 members (excludes halogenated alkanes) is 1. The highest BCUT2D eigenvalue weighted by atomic mass is 32.2.